The maximum atomic E-state index is 13.9. The zero-order valence-electron chi connectivity index (χ0n) is 17.5. The number of nitrogens with zero attached hydrogens (tertiary/aromatic N) is 4. The van der Waals surface area contributed by atoms with Crippen LogP contribution in [0.2, 0.25) is 0 Å². The van der Waals surface area contributed by atoms with Crippen LogP contribution in [0.25, 0.3) is 0 Å². The molecule has 1 N–H and O–H groups in total. The molecular formula is C19H27FIN5O4S. The molecule has 3 rings (SSSR count). The van der Waals surface area contributed by atoms with Gasteiger partial charge in [-0.3, -0.25) is 0 Å². The van der Waals surface area contributed by atoms with Crippen molar-refractivity contribution in [1.29, 1.82) is 0 Å². The van der Waals surface area contributed by atoms with Crippen molar-refractivity contribution in [2.45, 2.75) is 19.2 Å². The smallest absolute Gasteiger partial charge is 0.220 e. The Morgan fingerprint density at radius 1 is 1.29 bits per heavy atom. The van der Waals surface area contributed by atoms with E-state index in [0.29, 0.717) is 50.9 Å². The molecule has 1 fully saturated rings. The van der Waals surface area contributed by atoms with Gasteiger partial charge in [-0.1, -0.05) is 11.2 Å². The topological polar surface area (TPSA) is 100 Å². The predicted octanol–water partition coefficient (Wildman–Crippen LogP) is 2.05. The standard InChI is InChI=1S/C19H26FN5O4S.HI/c1-3-21-19(22-13-15-4-5-18(28-2)17(20)12-15)24-7-9-25(10-8-24)30(26,27)14-16-6-11-29-23-16;/h4-6,11-12H,3,7-10,13-14H2,1-2H3,(H,21,22);1H. The third-order valence-corrected chi connectivity index (χ3v) is 6.53. The number of rotatable bonds is 7. The van der Waals surface area contributed by atoms with Gasteiger partial charge in [0.05, 0.1) is 19.3 Å². The van der Waals surface area contributed by atoms with Crippen molar-refractivity contribution >= 4 is 40.0 Å². The minimum Gasteiger partial charge on any atom is -0.494 e. The molecule has 0 saturated carbocycles. The Bertz CT molecular complexity index is 964. The first-order valence-electron chi connectivity index (χ1n) is 9.65. The summed E-state index contributed by atoms with van der Waals surface area (Å²) in [6.45, 7) is 4.63. The first-order valence-corrected chi connectivity index (χ1v) is 11.3. The van der Waals surface area contributed by atoms with Crippen LogP contribution in [0, 0.1) is 5.82 Å². The summed E-state index contributed by atoms with van der Waals surface area (Å²) in [7, 11) is -2.04. The fourth-order valence-corrected chi connectivity index (χ4v) is 4.59. The summed E-state index contributed by atoms with van der Waals surface area (Å²) in [6, 6.07) is 6.29. The molecule has 172 valence electrons. The molecule has 2 aromatic rings. The summed E-state index contributed by atoms with van der Waals surface area (Å²) >= 11 is 0. The van der Waals surface area contributed by atoms with Gasteiger partial charge in [-0.2, -0.15) is 4.31 Å². The average Bonchev–Trinajstić information content (AvgIpc) is 3.23. The number of aliphatic imine (C=N–C) groups is 1. The molecule has 1 aliphatic rings. The quantitative estimate of drug-likeness (QED) is 0.311. The van der Waals surface area contributed by atoms with Crippen molar-refractivity contribution in [2.24, 2.45) is 4.99 Å². The fourth-order valence-electron chi connectivity index (χ4n) is 3.17. The molecule has 2 heterocycles. The molecule has 0 unspecified atom stereocenters. The molecule has 9 nitrogen and oxygen atoms in total. The normalized spacial score (nSPS) is 15.5. The van der Waals surface area contributed by atoms with Gasteiger partial charge < -0.3 is 19.5 Å². The first-order chi connectivity index (χ1) is 14.4. The Morgan fingerprint density at radius 2 is 2.03 bits per heavy atom. The zero-order valence-corrected chi connectivity index (χ0v) is 20.6. The van der Waals surface area contributed by atoms with Crippen LogP contribution in [-0.2, 0) is 22.3 Å². The molecule has 0 spiro atoms. The lowest BCUT2D eigenvalue weighted by Crippen LogP contribution is -2.53. The molecule has 0 radical (unpaired) electrons. The molecule has 0 atom stereocenters. The molecule has 31 heavy (non-hydrogen) atoms. The van der Waals surface area contributed by atoms with Gasteiger partial charge in [-0.05, 0) is 24.6 Å². The zero-order chi connectivity index (χ0) is 21.6. The van der Waals surface area contributed by atoms with E-state index >= 15 is 0 Å². The van der Waals surface area contributed by atoms with E-state index in [1.807, 2.05) is 11.8 Å². The summed E-state index contributed by atoms with van der Waals surface area (Å²) < 4.78 is 50.2. The van der Waals surface area contributed by atoms with E-state index < -0.39 is 15.8 Å². The number of ether oxygens (including phenoxy) is 1. The third kappa shape index (κ3) is 6.77. The van der Waals surface area contributed by atoms with Gasteiger partial charge in [0.1, 0.15) is 12.0 Å². The molecular weight excluding hydrogens is 540 g/mol. The maximum absolute atomic E-state index is 13.9. The van der Waals surface area contributed by atoms with Crippen LogP contribution in [0.1, 0.15) is 18.2 Å². The Balaban J connectivity index is 0.00000341. The Labute approximate surface area is 198 Å². The van der Waals surface area contributed by atoms with Crippen LogP contribution >= 0.6 is 24.0 Å². The summed E-state index contributed by atoms with van der Waals surface area (Å²) in [4.78, 5) is 6.59. The van der Waals surface area contributed by atoms with Crippen molar-refractivity contribution in [3.63, 3.8) is 0 Å². The highest BCUT2D eigenvalue weighted by atomic mass is 127. The van der Waals surface area contributed by atoms with Crippen LogP contribution in [0.3, 0.4) is 0 Å². The lowest BCUT2D eigenvalue weighted by atomic mass is 10.2. The number of guanidine groups is 1. The van der Waals surface area contributed by atoms with Crippen molar-refractivity contribution in [2.75, 3.05) is 39.8 Å². The van der Waals surface area contributed by atoms with Gasteiger partial charge in [0.2, 0.25) is 10.0 Å². The summed E-state index contributed by atoms with van der Waals surface area (Å²) in [5, 5.41) is 6.90. The van der Waals surface area contributed by atoms with Crippen LogP contribution in [0.5, 0.6) is 5.75 Å². The number of benzene rings is 1. The Kier molecular flexibility index (Phi) is 9.50. The number of hydrogen-bond donors (Lipinski definition) is 1. The summed E-state index contributed by atoms with van der Waals surface area (Å²) in [5.74, 6) is 0.252. The highest BCUT2D eigenvalue weighted by molar-refractivity contribution is 14.0. The minimum atomic E-state index is -3.46. The van der Waals surface area contributed by atoms with Crippen LogP contribution in [-0.4, -0.2) is 68.6 Å². The van der Waals surface area contributed by atoms with Crippen LogP contribution in [0.15, 0.2) is 40.0 Å². The third-order valence-electron chi connectivity index (χ3n) is 4.72. The first kappa shape index (κ1) is 25.3. The summed E-state index contributed by atoms with van der Waals surface area (Å²) in [5.41, 5.74) is 1.11. The van der Waals surface area contributed by atoms with E-state index in [1.165, 1.54) is 23.7 Å². The molecule has 0 aliphatic carbocycles. The second-order valence-corrected chi connectivity index (χ2v) is 8.74. The van der Waals surface area contributed by atoms with Gasteiger partial charge in [0.15, 0.2) is 17.5 Å². The fraction of sp³-hybridized carbons (Fsp3) is 0.474. The number of nitrogens with one attached hydrogen (secondary N) is 1. The average molecular weight is 567 g/mol. The second-order valence-electron chi connectivity index (χ2n) is 6.77. The highest BCUT2D eigenvalue weighted by Gasteiger charge is 2.29. The van der Waals surface area contributed by atoms with E-state index in [0.717, 1.165) is 5.56 Å². The number of piperazine rings is 1. The van der Waals surface area contributed by atoms with Crippen molar-refractivity contribution in [1.82, 2.24) is 19.7 Å². The SMILES string of the molecule is CCNC(=NCc1ccc(OC)c(F)c1)N1CCN(S(=O)(=O)Cc2ccon2)CC1.I. The number of methoxy groups -OCH3 is 1. The van der Waals surface area contributed by atoms with Gasteiger partial charge >= 0.3 is 0 Å². The van der Waals surface area contributed by atoms with Gasteiger partial charge in [-0.15, -0.1) is 24.0 Å². The van der Waals surface area contributed by atoms with Gasteiger partial charge in [-0.25, -0.2) is 17.8 Å². The number of halogens is 2. The minimum absolute atomic E-state index is 0. The highest BCUT2D eigenvalue weighted by Crippen LogP contribution is 2.18. The van der Waals surface area contributed by atoms with E-state index in [1.54, 1.807) is 18.2 Å². The number of sulfonamides is 1. The van der Waals surface area contributed by atoms with E-state index in [-0.39, 0.29) is 35.5 Å². The number of hydrogen-bond acceptors (Lipinski definition) is 6. The van der Waals surface area contributed by atoms with Crippen LogP contribution < -0.4 is 10.1 Å². The maximum Gasteiger partial charge on any atom is 0.220 e. The van der Waals surface area contributed by atoms with Gasteiger partial charge in [0.25, 0.3) is 0 Å². The number of aromatic nitrogens is 1. The molecule has 1 aliphatic heterocycles. The van der Waals surface area contributed by atoms with Crippen molar-refractivity contribution < 1.29 is 22.1 Å². The second kappa shape index (κ2) is 11.6. The molecule has 12 heteroatoms. The van der Waals surface area contributed by atoms with Gasteiger partial charge in [0, 0.05) is 38.8 Å². The molecule has 1 saturated heterocycles. The Morgan fingerprint density at radius 3 is 2.61 bits per heavy atom. The lowest BCUT2D eigenvalue weighted by Gasteiger charge is -2.35. The van der Waals surface area contributed by atoms with E-state index in [2.05, 4.69) is 15.5 Å². The molecule has 0 bridgehead atoms. The van der Waals surface area contributed by atoms with E-state index in [4.69, 9.17) is 9.26 Å². The van der Waals surface area contributed by atoms with Crippen molar-refractivity contribution in [3.05, 3.63) is 47.6 Å². The summed E-state index contributed by atoms with van der Waals surface area (Å²) in [6.07, 6.45) is 1.36. The van der Waals surface area contributed by atoms with E-state index in [9.17, 15) is 12.8 Å². The molecule has 1 aromatic heterocycles. The Hall–Kier alpha value is -1.93. The predicted molar refractivity (Wildman–Crippen MR) is 125 cm³/mol. The van der Waals surface area contributed by atoms with Crippen molar-refractivity contribution in [3.8, 4) is 5.75 Å². The largest absolute Gasteiger partial charge is 0.494 e. The molecule has 0 amide bonds. The molecule has 1 aromatic carbocycles. The lowest BCUT2D eigenvalue weighted by molar-refractivity contribution is 0.259. The monoisotopic (exact) mass is 567 g/mol. The van der Waals surface area contributed by atoms with Crippen LogP contribution in [0.4, 0.5) is 4.39 Å².